The Labute approximate surface area is 93.5 Å². The number of rotatable bonds is 3. The van der Waals surface area contributed by atoms with Crippen LogP contribution in [0.3, 0.4) is 0 Å². The molecule has 0 spiro atoms. The van der Waals surface area contributed by atoms with Gasteiger partial charge in [-0.2, -0.15) is 5.26 Å². The van der Waals surface area contributed by atoms with Crippen molar-refractivity contribution in [2.45, 2.75) is 18.9 Å². The van der Waals surface area contributed by atoms with Crippen molar-refractivity contribution >= 4 is 11.6 Å². The highest BCUT2D eigenvalue weighted by atomic mass is 16.3. The molecule has 2 N–H and O–H groups in total. The summed E-state index contributed by atoms with van der Waals surface area (Å²) in [5.74, 6) is -0.245. The lowest BCUT2D eigenvalue weighted by atomic mass is 10.2. The summed E-state index contributed by atoms with van der Waals surface area (Å²) in [5.41, 5.74) is 1.14. The number of nitrogens with zero attached hydrogens (tertiary/aromatic N) is 1. The predicted octanol–water partition coefficient (Wildman–Crippen LogP) is 1.27. The van der Waals surface area contributed by atoms with Crippen molar-refractivity contribution in [3.05, 3.63) is 29.8 Å². The van der Waals surface area contributed by atoms with E-state index < -0.39 is 6.10 Å². The lowest BCUT2D eigenvalue weighted by Gasteiger charge is -2.09. The molecule has 4 heteroatoms. The van der Waals surface area contributed by atoms with Gasteiger partial charge in [-0.1, -0.05) is 0 Å². The second-order valence-electron chi connectivity index (χ2n) is 3.96. The molecule has 0 saturated heterocycles. The van der Waals surface area contributed by atoms with Crippen molar-refractivity contribution in [2.75, 3.05) is 5.32 Å². The van der Waals surface area contributed by atoms with Gasteiger partial charge >= 0.3 is 0 Å². The van der Waals surface area contributed by atoms with Crippen LogP contribution in [0.15, 0.2) is 24.3 Å². The smallest absolute Gasteiger partial charge is 0.253 e. The molecule has 4 nitrogen and oxygen atoms in total. The molecule has 1 aromatic carbocycles. The summed E-state index contributed by atoms with van der Waals surface area (Å²) < 4.78 is 0. The molecule has 1 atom stereocenters. The largest absolute Gasteiger partial charge is 0.383 e. The van der Waals surface area contributed by atoms with Crippen molar-refractivity contribution in [2.24, 2.45) is 5.92 Å². The minimum Gasteiger partial charge on any atom is -0.383 e. The Morgan fingerprint density at radius 3 is 2.56 bits per heavy atom. The normalized spacial score (nSPS) is 16.2. The number of hydrogen-bond donors (Lipinski definition) is 2. The van der Waals surface area contributed by atoms with Gasteiger partial charge in [-0.25, -0.2) is 0 Å². The quantitative estimate of drug-likeness (QED) is 0.799. The van der Waals surface area contributed by atoms with Crippen molar-refractivity contribution in [3.63, 3.8) is 0 Å². The van der Waals surface area contributed by atoms with E-state index >= 15 is 0 Å². The first-order chi connectivity index (χ1) is 7.70. The highest BCUT2D eigenvalue weighted by molar-refractivity contribution is 5.94. The summed E-state index contributed by atoms with van der Waals surface area (Å²) in [6.45, 7) is 0. The molecule has 1 aliphatic rings. The van der Waals surface area contributed by atoms with Crippen LogP contribution >= 0.6 is 0 Å². The lowest BCUT2D eigenvalue weighted by molar-refractivity contribution is -0.124. The van der Waals surface area contributed by atoms with E-state index in [1.807, 2.05) is 6.07 Å². The Morgan fingerprint density at radius 1 is 1.44 bits per heavy atom. The van der Waals surface area contributed by atoms with Crippen LogP contribution in [0.5, 0.6) is 0 Å². The van der Waals surface area contributed by atoms with Crippen LogP contribution in [0.25, 0.3) is 0 Å². The molecular formula is C12H12N2O2. The third kappa shape index (κ3) is 2.38. The summed E-state index contributed by atoms with van der Waals surface area (Å²) >= 11 is 0. The number of aliphatic hydroxyl groups is 1. The van der Waals surface area contributed by atoms with Gasteiger partial charge in [0.05, 0.1) is 11.6 Å². The molecule has 0 heterocycles. The zero-order chi connectivity index (χ0) is 11.5. The Morgan fingerprint density at radius 2 is 2.06 bits per heavy atom. The van der Waals surface area contributed by atoms with Crippen molar-refractivity contribution in [3.8, 4) is 6.07 Å². The molecule has 1 amide bonds. The van der Waals surface area contributed by atoms with Gasteiger partial charge in [0.15, 0.2) is 0 Å². The van der Waals surface area contributed by atoms with Crippen LogP contribution < -0.4 is 5.32 Å². The van der Waals surface area contributed by atoms with Gasteiger partial charge in [0.25, 0.3) is 5.91 Å². The number of nitrogens with one attached hydrogen (secondary N) is 1. The molecule has 1 saturated carbocycles. The predicted molar refractivity (Wildman–Crippen MR) is 58.5 cm³/mol. The fraction of sp³-hybridized carbons (Fsp3) is 0.333. The fourth-order valence-corrected chi connectivity index (χ4v) is 1.47. The van der Waals surface area contributed by atoms with E-state index in [1.54, 1.807) is 24.3 Å². The second-order valence-corrected chi connectivity index (χ2v) is 3.96. The highest BCUT2D eigenvalue weighted by Crippen LogP contribution is 2.32. The number of hydrogen-bond acceptors (Lipinski definition) is 3. The first kappa shape index (κ1) is 10.7. The number of nitriles is 1. The number of carbonyl (C=O) groups is 1. The molecule has 1 aromatic rings. The molecule has 1 fully saturated rings. The average Bonchev–Trinajstić information content (AvgIpc) is 3.13. The van der Waals surface area contributed by atoms with E-state index in [-0.39, 0.29) is 11.8 Å². The van der Waals surface area contributed by atoms with Gasteiger partial charge in [0.1, 0.15) is 6.10 Å². The molecule has 0 aromatic heterocycles. The molecular weight excluding hydrogens is 204 g/mol. The van der Waals surface area contributed by atoms with Gasteiger partial charge in [0.2, 0.25) is 0 Å². The van der Waals surface area contributed by atoms with Crippen molar-refractivity contribution in [1.82, 2.24) is 0 Å². The SMILES string of the molecule is N#Cc1ccc(NC(=O)C(O)C2CC2)cc1. The summed E-state index contributed by atoms with van der Waals surface area (Å²) in [5, 5.41) is 20.8. The summed E-state index contributed by atoms with van der Waals surface area (Å²) in [6.07, 6.45) is 0.930. The van der Waals surface area contributed by atoms with E-state index in [0.717, 1.165) is 12.8 Å². The average molecular weight is 216 g/mol. The van der Waals surface area contributed by atoms with Crippen LogP contribution in [0.1, 0.15) is 18.4 Å². The molecule has 82 valence electrons. The van der Waals surface area contributed by atoms with Gasteiger partial charge in [0, 0.05) is 5.69 Å². The monoisotopic (exact) mass is 216 g/mol. The van der Waals surface area contributed by atoms with Crippen LogP contribution in [-0.4, -0.2) is 17.1 Å². The minimum atomic E-state index is -0.907. The standard InChI is InChI=1S/C12H12N2O2/c13-7-8-1-5-10(6-2-8)14-12(16)11(15)9-3-4-9/h1-2,5-6,9,11,15H,3-4H2,(H,14,16). The molecule has 16 heavy (non-hydrogen) atoms. The Bertz CT molecular complexity index is 429. The number of carbonyl (C=O) groups excluding carboxylic acids is 1. The van der Waals surface area contributed by atoms with Crippen molar-refractivity contribution < 1.29 is 9.90 Å². The summed E-state index contributed by atoms with van der Waals surface area (Å²) in [7, 11) is 0. The summed E-state index contributed by atoms with van der Waals surface area (Å²) in [4.78, 5) is 11.5. The van der Waals surface area contributed by atoms with Gasteiger partial charge in [-0.05, 0) is 43.0 Å². The number of aliphatic hydroxyl groups excluding tert-OH is 1. The third-order valence-corrected chi connectivity index (χ3v) is 2.62. The highest BCUT2D eigenvalue weighted by Gasteiger charge is 2.34. The Balaban J connectivity index is 1.97. The molecule has 1 unspecified atom stereocenters. The van der Waals surface area contributed by atoms with Crippen LogP contribution in [-0.2, 0) is 4.79 Å². The summed E-state index contributed by atoms with van der Waals surface area (Å²) in [6, 6.07) is 8.54. The zero-order valence-corrected chi connectivity index (χ0v) is 8.68. The topological polar surface area (TPSA) is 73.1 Å². The maximum absolute atomic E-state index is 11.5. The van der Waals surface area contributed by atoms with Gasteiger partial charge < -0.3 is 10.4 Å². The third-order valence-electron chi connectivity index (χ3n) is 2.62. The maximum atomic E-state index is 11.5. The minimum absolute atomic E-state index is 0.124. The molecule has 0 aliphatic heterocycles. The number of amides is 1. The van der Waals surface area contributed by atoms with Gasteiger partial charge in [-0.3, -0.25) is 4.79 Å². The number of benzene rings is 1. The van der Waals surface area contributed by atoms with E-state index in [9.17, 15) is 9.90 Å². The molecule has 1 aliphatic carbocycles. The van der Waals surface area contributed by atoms with E-state index in [0.29, 0.717) is 11.3 Å². The molecule has 0 radical (unpaired) electrons. The van der Waals surface area contributed by atoms with E-state index in [1.165, 1.54) is 0 Å². The Hall–Kier alpha value is -1.86. The zero-order valence-electron chi connectivity index (χ0n) is 8.68. The van der Waals surface area contributed by atoms with Crippen molar-refractivity contribution in [1.29, 1.82) is 5.26 Å². The van der Waals surface area contributed by atoms with E-state index in [2.05, 4.69) is 5.32 Å². The van der Waals surface area contributed by atoms with Gasteiger partial charge in [-0.15, -0.1) is 0 Å². The fourth-order valence-electron chi connectivity index (χ4n) is 1.47. The second kappa shape index (κ2) is 4.33. The Kier molecular flexibility index (Phi) is 2.88. The molecule has 0 bridgehead atoms. The first-order valence-electron chi connectivity index (χ1n) is 5.20. The van der Waals surface area contributed by atoms with Crippen LogP contribution in [0, 0.1) is 17.2 Å². The van der Waals surface area contributed by atoms with Crippen LogP contribution in [0.4, 0.5) is 5.69 Å². The van der Waals surface area contributed by atoms with Crippen LogP contribution in [0.2, 0.25) is 0 Å². The lowest BCUT2D eigenvalue weighted by Crippen LogP contribution is -2.29. The maximum Gasteiger partial charge on any atom is 0.253 e. The first-order valence-corrected chi connectivity index (χ1v) is 5.20. The molecule has 2 rings (SSSR count). The van der Waals surface area contributed by atoms with E-state index in [4.69, 9.17) is 5.26 Å². The number of anilines is 1.